The number of benzene rings is 2. The molecule has 0 bridgehead atoms. The molecular weight excluding hydrogens is 340 g/mol. The number of methoxy groups -OCH3 is 1. The molecule has 27 heavy (non-hydrogen) atoms. The highest BCUT2D eigenvalue weighted by Gasteiger charge is 2.17. The second kappa shape index (κ2) is 6.46. The lowest BCUT2D eigenvalue weighted by Crippen LogP contribution is -2.19. The first-order valence-corrected chi connectivity index (χ1v) is 9.11. The highest BCUT2D eigenvalue weighted by molar-refractivity contribution is 6.04. The summed E-state index contributed by atoms with van der Waals surface area (Å²) in [7, 11) is 1.66. The van der Waals surface area contributed by atoms with Crippen molar-refractivity contribution >= 4 is 22.6 Å². The van der Waals surface area contributed by atoms with Crippen LogP contribution in [0.2, 0.25) is 0 Å². The Morgan fingerprint density at radius 1 is 0.889 bits per heavy atom. The van der Waals surface area contributed by atoms with Crippen LogP contribution in [0.3, 0.4) is 0 Å². The number of hydrogen-bond acceptors (Lipinski definition) is 6. The zero-order chi connectivity index (χ0) is 18.2. The van der Waals surface area contributed by atoms with Crippen molar-refractivity contribution in [2.45, 2.75) is 0 Å². The van der Waals surface area contributed by atoms with Gasteiger partial charge >= 0.3 is 0 Å². The van der Waals surface area contributed by atoms with Gasteiger partial charge in [0.05, 0.1) is 20.2 Å². The molecule has 0 amide bonds. The van der Waals surface area contributed by atoms with Gasteiger partial charge in [-0.1, -0.05) is 18.2 Å². The highest BCUT2D eigenvalue weighted by atomic mass is 16.5. The van der Waals surface area contributed by atoms with E-state index in [0.29, 0.717) is 5.75 Å². The minimum atomic E-state index is 0.711. The Bertz CT molecular complexity index is 1080. The molecule has 0 atom stereocenters. The van der Waals surface area contributed by atoms with Crippen LogP contribution in [0.1, 0.15) is 11.1 Å². The Hall–Kier alpha value is -3.28. The summed E-state index contributed by atoms with van der Waals surface area (Å²) in [6.45, 7) is 3.39. The largest absolute Gasteiger partial charge is 0.493 e. The molecule has 0 saturated carbocycles. The number of nitrogens with one attached hydrogen (secondary N) is 2. The first-order valence-electron chi connectivity index (χ1n) is 9.11. The Balaban J connectivity index is 1.59. The molecule has 2 aliphatic rings. The summed E-state index contributed by atoms with van der Waals surface area (Å²) in [6, 6.07) is 14.4. The van der Waals surface area contributed by atoms with Gasteiger partial charge < -0.3 is 19.8 Å². The summed E-state index contributed by atoms with van der Waals surface area (Å²) < 4.78 is 11.7. The molecule has 0 fully saturated rings. The van der Waals surface area contributed by atoms with Gasteiger partial charge in [0, 0.05) is 35.2 Å². The average molecular weight is 360 g/mol. The van der Waals surface area contributed by atoms with Gasteiger partial charge in [-0.15, -0.1) is 0 Å². The smallest absolute Gasteiger partial charge is 0.176 e. The van der Waals surface area contributed by atoms with Crippen molar-refractivity contribution in [1.82, 2.24) is 10.6 Å². The lowest BCUT2D eigenvalue weighted by molar-refractivity contribution is 0.411. The Morgan fingerprint density at radius 2 is 1.63 bits per heavy atom. The third-order valence-corrected chi connectivity index (χ3v) is 4.84. The van der Waals surface area contributed by atoms with Gasteiger partial charge in [-0.25, -0.2) is 0 Å². The molecule has 0 spiro atoms. The van der Waals surface area contributed by atoms with E-state index in [-0.39, 0.29) is 0 Å². The number of hydrogen-bond donors (Lipinski definition) is 2. The number of furan rings is 1. The highest BCUT2D eigenvalue weighted by Crippen LogP contribution is 2.35. The Kier molecular flexibility index (Phi) is 3.81. The molecule has 136 valence electrons. The van der Waals surface area contributed by atoms with Crippen molar-refractivity contribution in [3.05, 3.63) is 53.6 Å². The first kappa shape index (κ1) is 15.9. The monoisotopic (exact) mass is 360 g/mol. The number of fused-ring (bicyclic) bond motifs is 1. The quantitative estimate of drug-likeness (QED) is 0.751. The van der Waals surface area contributed by atoms with Crippen molar-refractivity contribution in [2.75, 3.05) is 33.3 Å². The normalized spacial score (nSPS) is 16.0. The summed E-state index contributed by atoms with van der Waals surface area (Å²) in [5.74, 6) is 3.37. The third kappa shape index (κ3) is 2.83. The van der Waals surface area contributed by atoms with E-state index in [1.165, 1.54) is 0 Å². The van der Waals surface area contributed by atoms with E-state index < -0.39 is 0 Å². The van der Waals surface area contributed by atoms with E-state index in [2.05, 4.69) is 44.9 Å². The van der Waals surface area contributed by atoms with E-state index in [1.807, 2.05) is 18.2 Å². The van der Waals surface area contributed by atoms with Gasteiger partial charge in [-0.3, -0.25) is 9.98 Å². The summed E-state index contributed by atoms with van der Waals surface area (Å²) in [4.78, 5) is 9.01. The molecular formula is C21H20N4O2. The molecule has 1 aromatic heterocycles. The van der Waals surface area contributed by atoms with Crippen molar-refractivity contribution in [3.8, 4) is 17.1 Å². The number of aliphatic imine (C=N–C) groups is 2. The molecule has 6 nitrogen and oxygen atoms in total. The lowest BCUT2D eigenvalue weighted by atomic mass is 10.1. The van der Waals surface area contributed by atoms with Crippen molar-refractivity contribution < 1.29 is 9.15 Å². The minimum absolute atomic E-state index is 0.711. The van der Waals surface area contributed by atoms with Crippen LogP contribution in [0.5, 0.6) is 5.75 Å². The van der Waals surface area contributed by atoms with E-state index in [4.69, 9.17) is 9.15 Å². The molecule has 2 aliphatic heterocycles. The molecule has 0 saturated heterocycles. The van der Waals surface area contributed by atoms with E-state index >= 15 is 0 Å². The van der Waals surface area contributed by atoms with Crippen molar-refractivity contribution in [3.63, 3.8) is 0 Å². The maximum absolute atomic E-state index is 6.17. The molecule has 5 rings (SSSR count). The average Bonchev–Trinajstić information content (AvgIpc) is 3.48. The van der Waals surface area contributed by atoms with Crippen molar-refractivity contribution in [1.29, 1.82) is 0 Å². The SMILES string of the molecule is COc1cc(C2=NCCN2)cc2cc(-c3cccc(C4=NCCN4)c3)oc12. The molecule has 2 aromatic carbocycles. The number of nitrogens with zero attached hydrogens (tertiary/aromatic N) is 2. The second-order valence-electron chi connectivity index (χ2n) is 6.60. The summed E-state index contributed by atoms with van der Waals surface area (Å²) in [5, 5.41) is 7.62. The van der Waals surface area contributed by atoms with Gasteiger partial charge in [0.25, 0.3) is 0 Å². The molecule has 0 aliphatic carbocycles. The third-order valence-electron chi connectivity index (χ3n) is 4.84. The van der Waals surface area contributed by atoms with Gasteiger partial charge in [-0.2, -0.15) is 0 Å². The zero-order valence-electron chi connectivity index (χ0n) is 15.1. The topological polar surface area (TPSA) is 71.2 Å². The lowest BCUT2D eigenvalue weighted by Gasteiger charge is -2.06. The maximum atomic E-state index is 6.17. The summed E-state index contributed by atoms with van der Waals surface area (Å²) >= 11 is 0. The standard InChI is InChI=1S/C21H20N4O2/c1-26-18-12-16(21-24-7-8-25-21)10-15-11-17(27-19(15)18)13-3-2-4-14(9-13)20-22-5-6-23-20/h2-4,9-12H,5-8H2,1H3,(H,22,23)(H,24,25). The van der Waals surface area contributed by atoms with Gasteiger partial charge in [-0.05, 0) is 24.3 Å². The van der Waals surface area contributed by atoms with E-state index in [9.17, 15) is 0 Å². The summed E-state index contributed by atoms with van der Waals surface area (Å²) in [6.07, 6.45) is 0. The van der Waals surface area contributed by atoms with Crippen LogP contribution in [-0.2, 0) is 0 Å². The fourth-order valence-electron chi connectivity index (χ4n) is 3.55. The van der Waals surface area contributed by atoms with Crippen LogP contribution in [0.25, 0.3) is 22.3 Å². The maximum Gasteiger partial charge on any atom is 0.176 e. The van der Waals surface area contributed by atoms with E-state index in [0.717, 1.165) is 71.3 Å². The summed E-state index contributed by atoms with van der Waals surface area (Å²) in [5.41, 5.74) is 3.85. The molecule has 6 heteroatoms. The number of amidine groups is 2. The number of rotatable bonds is 4. The van der Waals surface area contributed by atoms with Crippen LogP contribution in [-0.4, -0.2) is 45.0 Å². The predicted octanol–water partition coefficient (Wildman–Crippen LogP) is 2.81. The van der Waals surface area contributed by atoms with Gasteiger partial charge in [0.1, 0.15) is 17.4 Å². The van der Waals surface area contributed by atoms with Crippen LogP contribution in [0.15, 0.2) is 56.9 Å². The molecule has 3 aromatic rings. The minimum Gasteiger partial charge on any atom is -0.493 e. The van der Waals surface area contributed by atoms with Crippen LogP contribution in [0.4, 0.5) is 0 Å². The molecule has 2 N–H and O–H groups in total. The van der Waals surface area contributed by atoms with Gasteiger partial charge in [0.2, 0.25) is 0 Å². The van der Waals surface area contributed by atoms with Gasteiger partial charge in [0.15, 0.2) is 11.3 Å². The fraction of sp³-hybridized carbons (Fsp3) is 0.238. The van der Waals surface area contributed by atoms with Crippen LogP contribution >= 0.6 is 0 Å². The van der Waals surface area contributed by atoms with Crippen molar-refractivity contribution in [2.24, 2.45) is 9.98 Å². The first-order chi connectivity index (χ1) is 13.3. The molecule has 0 unspecified atom stereocenters. The second-order valence-corrected chi connectivity index (χ2v) is 6.60. The molecule has 0 radical (unpaired) electrons. The molecule has 3 heterocycles. The Morgan fingerprint density at radius 3 is 2.33 bits per heavy atom. The van der Waals surface area contributed by atoms with Crippen LogP contribution in [0, 0.1) is 0 Å². The number of ether oxygens (including phenoxy) is 1. The van der Waals surface area contributed by atoms with Crippen LogP contribution < -0.4 is 15.4 Å². The fourth-order valence-corrected chi connectivity index (χ4v) is 3.55. The van der Waals surface area contributed by atoms with E-state index in [1.54, 1.807) is 7.11 Å². The zero-order valence-corrected chi connectivity index (χ0v) is 15.1. The Labute approximate surface area is 157 Å². The predicted molar refractivity (Wildman–Crippen MR) is 107 cm³/mol.